The van der Waals surface area contributed by atoms with Gasteiger partial charge in [-0.2, -0.15) is 5.26 Å². The molecule has 1 atom stereocenters. The third kappa shape index (κ3) is 4.81. The van der Waals surface area contributed by atoms with Crippen LogP contribution in [0.15, 0.2) is 24.3 Å². The first kappa shape index (κ1) is 17.5. The van der Waals surface area contributed by atoms with Crippen LogP contribution in [-0.4, -0.2) is 30.1 Å². The second kappa shape index (κ2) is 8.11. The molecule has 0 radical (unpaired) electrons. The van der Waals surface area contributed by atoms with Crippen LogP contribution in [0.25, 0.3) is 0 Å². The minimum atomic E-state index is -1.11. The number of nitriles is 1. The largest absolute Gasteiger partial charge is 0.449 e. The standard InChI is InChI=1S/C17H19N3O4/c1-11(15(21)20-17(23)19-14-4-2-3-5-14)24-16(22)13-8-6-12(10-18)7-9-13/h6-9,11,14H,2-5H2,1H3,(H2,19,20,21,23)/t11-/m1/s1. The van der Waals surface area contributed by atoms with Crippen molar-refractivity contribution in [3.05, 3.63) is 35.4 Å². The quantitative estimate of drug-likeness (QED) is 0.820. The van der Waals surface area contributed by atoms with E-state index < -0.39 is 24.0 Å². The maximum absolute atomic E-state index is 11.9. The Bertz CT molecular complexity index is 657. The number of carbonyl (C=O) groups excluding carboxylic acids is 3. The first-order valence-corrected chi connectivity index (χ1v) is 7.82. The summed E-state index contributed by atoms with van der Waals surface area (Å²) in [5.74, 6) is -1.38. The van der Waals surface area contributed by atoms with Gasteiger partial charge in [0, 0.05) is 6.04 Å². The van der Waals surface area contributed by atoms with Crippen molar-refractivity contribution in [1.29, 1.82) is 5.26 Å². The number of imide groups is 1. The lowest BCUT2D eigenvalue weighted by Gasteiger charge is -2.15. The molecule has 1 fully saturated rings. The summed E-state index contributed by atoms with van der Waals surface area (Å²) in [6, 6.07) is 7.31. The molecule has 1 aliphatic rings. The lowest BCUT2D eigenvalue weighted by molar-refractivity contribution is -0.127. The van der Waals surface area contributed by atoms with Crippen molar-refractivity contribution in [3.63, 3.8) is 0 Å². The van der Waals surface area contributed by atoms with Crippen LogP contribution < -0.4 is 10.6 Å². The Morgan fingerprint density at radius 1 is 1.21 bits per heavy atom. The molecule has 0 bridgehead atoms. The van der Waals surface area contributed by atoms with Crippen LogP contribution >= 0.6 is 0 Å². The SMILES string of the molecule is C[C@@H](OC(=O)c1ccc(C#N)cc1)C(=O)NC(=O)NC1CCCC1. The fraction of sp³-hybridized carbons (Fsp3) is 0.412. The Hall–Kier alpha value is -2.88. The van der Waals surface area contributed by atoms with E-state index in [-0.39, 0.29) is 11.6 Å². The van der Waals surface area contributed by atoms with E-state index >= 15 is 0 Å². The van der Waals surface area contributed by atoms with Gasteiger partial charge in [-0.15, -0.1) is 0 Å². The van der Waals surface area contributed by atoms with Crippen molar-refractivity contribution in [2.45, 2.75) is 44.8 Å². The van der Waals surface area contributed by atoms with Gasteiger partial charge in [0.25, 0.3) is 5.91 Å². The number of urea groups is 1. The highest BCUT2D eigenvalue weighted by Gasteiger charge is 2.23. The second-order valence-corrected chi connectivity index (χ2v) is 5.68. The predicted molar refractivity (Wildman–Crippen MR) is 85.0 cm³/mol. The number of esters is 1. The van der Waals surface area contributed by atoms with E-state index in [9.17, 15) is 14.4 Å². The van der Waals surface area contributed by atoms with Crippen molar-refractivity contribution < 1.29 is 19.1 Å². The van der Waals surface area contributed by atoms with Crippen LogP contribution in [0.1, 0.15) is 48.5 Å². The van der Waals surface area contributed by atoms with Gasteiger partial charge in [0.05, 0.1) is 17.2 Å². The van der Waals surface area contributed by atoms with E-state index in [4.69, 9.17) is 10.00 Å². The summed E-state index contributed by atoms with van der Waals surface area (Å²) in [6.45, 7) is 1.39. The van der Waals surface area contributed by atoms with Crippen molar-refractivity contribution in [2.75, 3.05) is 0 Å². The second-order valence-electron chi connectivity index (χ2n) is 5.68. The first-order chi connectivity index (χ1) is 11.5. The normalized spacial score (nSPS) is 15.2. The average molecular weight is 329 g/mol. The average Bonchev–Trinajstić information content (AvgIpc) is 3.07. The summed E-state index contributed by atoms with van der Waals surface area (Å²) in [6.07, 6.45) is 2.84. The Labute approximate surface area is 140 Å². The van der Waals surface area contributed by atoms with Gasteiger partial charge in [0.2, 0.25) is 0 Å². The van der Waals surface area contributed by atoms with E-state index in [0.29, 0.717) is 5.56 Å². The molecule has 0 unspecified atom stereocenters. The first-order valence-electron chi connectivity index (χ1n) is 7.82. The summed E-state index contributed by atoms with van der Waals surface area (Å²) >= 11 is 0. The molecule has 0 spiro atoms. The lowest BCUT2D eigenvalue weighted by atomic mass is 10.1. The highest BCUT2D eigenvalue weighted by molar-refractivity contribution is 5.98. The number of hydrogen-bond acceptors (Lipinski definition) is 5. The number of amides is 3. The topological polar surface area (TPSA) is 108 Å². The van der Waals surface area contributed by atoms with Crippen LogP contribution in [0.2, 0.25) is 0 Å². The van der Waals surface area contributed by atoms with E-state index in [1.165, 1.54) is 31.2 Å². The molecule has 2 rings (SSSR count). The van der Waals surface area contributed by atoms with Crippen LogP contribution in [0.3, 0.4) is 0 Å². The zero-order valence-corrected chi connectivity index (χ0v) is 13.4. The van der Waals surface area contributed by atoms with E-state index in [2.05, 4.69) is 10.6 Å². The fourth-order valence-corrected chi connectivity index (χ4v) is 2.47. The highest BCUT2D eigenvalue weighted by atomic mass is 16.5. The summed E-state index contributed by atoms with van der Waals surface area (Å²) in [7, 11) is 0. The molecular formula is C17H19N3O4. The van der Waals surface area contributed by atoms with Gasteiger partial charge in [-0.25, -0.2) is 9.59 Å². The summed E-state index contributed by atoms with van der Waals surface area (Å²) < 4.78 is 5.03. The molecule has 0 aliphatic heterocycles. The molecule has 0 aromatic heterocycles. The molecule has 3 amide bonds. The predicted octanol–water partition coefficient (Wildman–Crippen LogP) is 1.87. The van der Waals surface area contributed by atoms with Crippen molar-refractivity contribution in [2.24, 2.45) is 0 Å². The number of nitrogens with one attached hydrogen (secondary N) is 2. The minimum Gasteiger partial charge on any atom is -0.449 e. The van der Waals surface area contributed by atoms with Crippen LogP contribution in [0.5, 0.6) is 0 Å². The Kier molecular flexibility index (Phi) is 5.90. The maximum Gasteiger partial charge on any atom is 0.338 e. The van der Waals surface area contributed by atoms with E-state index in [1.54, 1.807) is 0 Å². The van der Waals surface area contributed by atoms with Gasteiger partial charge in [0.15, 0.2) is 6.10 Å². The summed E-state index contributed by atoms with van der Waals surface area (Å²) in [4.78, 5) is 35.6. The molecule has 1 saturated carbocycles. The molecule has 24 heavy (non-hydrogen) atoms. The fourth-order valence-electron chi connectivity index (χ4n) is 2.47. The minimum absolute atomic E-state index is 0.0919. The number of benzene rings is 1. The molecule has 0 heterocycles. The van der Waals surface area contributed by atoms with Crippen LogP contribution in [0.4, 0.5) is 4.79 Å². The van der Waals surface area contributed by atoms with Gasteiger partial charge >= 0.3 is 12.0 Å². The molecule has 1 aromatic rings. The Morgan fingerprint density at radius 3 is 2.42 bits per heavy atom. The number of carbonyl (C=O) groups is 3. The van der Waals surface area contributed by atoms with Gasteiger partial charge in [-0.1, -0.05) is 12.8 Å². The molecular weight excluding hydrogens is 310 g/mol. The molecule has 7 heteroatoms. The van der Waals surface area contributed by atoms with Gasteiger partial charge in [-0.05, 0) is 44.0 Å². The molecule has 0 saturated heterocycles. The zero-order chi connectivity index (χ0) is 17.5. The molecule has 7 nitrogen and oxygen atoms in total. The van der Waals surface area contributed by atoms with Crippen molar-refractivity contribution in [1.82, 2.24) is 10.6 Å². The maximum atomic E-state index is 11.9. The number of rotatable bonds is 4. The molecule has 2 N–H and O–H groups in total. The highest BCUT2D eigenvalue weighted by Crippen LogP contribution is 2.17. The van der Waals surface area contributed by atoms with E-state index in [0.717, 1.165) is 25.7 Å². The monoisotopic (exact) mass is 329 g/mol. The van der Waals surface area contributed by atoms with Gasteiger partial charge in [-0.3, -0.25) is 10.1 Å². The lowest BCUT2D eigenvalue weighted by Crippen LogP contribution is -2.47. The number of nitrogens with zero attached hydrogens (tertiary/aromatic N) is 1. The summed E-state index contributed by atoms with van der Waals surface area (Å²) in [5.41, 5.74) is 0.644. The molecule has 1 aliphatic carbocycles. The Morgan fingerprint density at radius 2 is 1.83 bits per heavy atom. The zero-order valence-electron chi connectivity index (χ0n) is 13.4. The van der Waals surface area contributed by atoms with Crippen LogP contribution in [-0.2, 0) is 9.53 Å². The Balaban J connectivity index is 1.82. The third-order valence-electron chi connectivity index (χ3n) is 3.83. The number of hydrogen-bond donors (Lipinski definition) is 2. The summed E-state index contributed by atoms with van der Waals surface area (Å²) in [5, 5.41) is 13.6. The molecule has 1 aromatic carbocycles. The van der Waals surface area contributed by atoms with Gasteiger partial charge < -0.3 is 10.1 Å². The van der Waals surface area contributed by atoms with E-state index in [1.807, 2.05) is 6.07 Å². The van der Waals surface area contributed by atoms with Crippen molar-refractivity contribution >= 4 is 17.9 Å². The third-order valence-corrected chi connectivity index (χ3v) is 3.83. The number of ether oxygens (including phenoxy) is 1. The smallest absolute Gasteiger partial charge is 0.338 e. The van der Waals surface area contributed by atoms with Crippen LogP contribution in [0, 0.1) is 11.3 Å². The van der Waals surface area contributed by atoms with Gasteiger partial charge in [0.1, 0.15) is 0 Å². The van der Waals surface area contributed by atoms with Crippen molar-refractivity contribution in [3.8, 4) is 6.07 Å². The molecule has 126 valence electrons.